The molecule has 17 heavy (non-hydrogen) atoms. The van der Waals surface area contributed by atoms with E-state index in [1.165, 1.54) is 19.1 Å². The zero-order valence-electron chi connectivity index (χ0n) is 8.65. The zero-order valence-corrected chi connectivity index (χ0v) is 10.2. The Labute approximate surface area is 103 Å². The molecule has 1 aromatic heterocycles. The largest absolute Gasteiger partial charge is 0.417 e. The van der Waals surface area contributed by atoms with Crippen LogP contribution in [0.3, 0.4) is 0 Å². The van der Waals surface area contributed by atoms with Crippen LogP contribution in [0.25, 0.3) is 10.9 Å². The lowest BCUT2D eigenvalue weighted by molar-refractivity contribution is -0.136. The van der Waals surface area contributed by atoms with Gasteiger partial charge in [-0.2, -0.15) is 13.2 Å². The van der Waals surface area contributed by atoms with Gasteiger partial charge in [0.1, 0.15) is 0 Å². The maximum atomic E-state index is 12.9. The zero-order chi connectivity index (χ0) is 12.8. The second-order valence-electron chi connectivity index (χ2n) is 3.64. The van der Waals surface area contributed by atoms with Crippen molar-refractivity contribution in [3.8, 4) is 0 Å². The molecule has 0 spiro atoms. The second kappa shape index (κ2) is 3.87. The minimum Gasteiger partial charge on any atom is -0.322 e. The number of fused-ring (bicyclic) bond motifs is 1. The van der Waals surface area contributed by atoms with Crippen LogP contribution in [0.2, 0.25) is 0 Å². The molecule has 0 fully saturated rings. The minimum atomic E-state index is -4.54. The Balaban J connectivity index is 3.00. The Morgan fingerprint density at radius 1 is 1.29 bits per heavy atom. The van der Waals surface area contributed by atoms with Crippen molar-refractivity contribution in [1.29, 1.82) is 0 Å². The lowest BCUT2D eigenvalue weighted by Crippen LogP contribution is -2.19. The van der Waals surface area contributed by atoms with E-state index in [0.717, 1.165) is 0 Å². The smallest absolute Gasteiger partial charge is 0.322 e. The number of halogens is 4. The number of alkyl halides is 3. The van der Waals surface area contributed by atoms with Crippen LogP contribution in [0.5, 0.6) is 0 Å². The predicted octanol–water partition coefficient (Wildman–Crippen LogP) is 3.62. The van der Waals surface area contributed by atoms with E-state index in [4.69, 9.17) is 0 Å². The minimum absolute atomic E-state index is 0.0102. The Bertz CT molecular complexity index is 645. The molecule has 0 bridgehead atoms. The number of nitrogens with one attached hydrogen (secondary N) is 1. The number of aromatic nitrogens is 1. The van der Waals surface area contributed by atoms with Gasteiger partial charge in [-0.05, 0) is 25.1 Å². The Kier molecular flexibility index (Phi) is 2.77. The van der Waals surface area contributed by atoms with E-state index in [0.29, 0.717) is 4.47 Å². The van der Waals surface area contributed by atoms with E-state index in [1.807, 2.05) is 0 Å². The van der Waals surface area contributed by atoms with Crippen LogP contribution in [0.1, 0.15) is 11.1 Å². The van der Waals surface area contributed by atoms with Crippen LogP contribution >= 0.6 is 15.9 Å². The highest BCUT2D eigenvalue weighted by molar-refractivity contribution is 9.10. The fraction of sp³-hybridized carbons (Fsp3) is 0.182. The monoisotopic (exact) mass is 305 g/mol. The highest BCUT2D eigenvalue weighted by Gasteiger charge is 2.35. The molecule has 0 atom stereocenters. The molecule has 90 valence electrons. The van der Waals surface area contributed by atoms with Crippen molar-refractivity contribution in [3.05, 3.63) is 44.2 Å². The van der Waals surface area contributed by atoms with Crippen molar-refractivity contribution in [3.63, 3.8) is 0 Å². The number of hydrogen-bond acceptors (Lipinski definition) is 1. The van der Waals surface area contributed by atoms with Crippen LogP contribution < -0.4 is 5.56 Å². The first-order valence-corrected chi connectivity index (χ1v) is 5.49. The van der Waals surface area contributed by atoms with Gasteiger partial charge < -0.3 is 4.98 Å². The Morgan fingerprint density at radius 2 is 1.94 bits per heavy atom. The molecule has 0 amide bonds. The third-order valence-electron chi connectivity index (χ3n) is 2.50. The summed E-state index contributed by atoms with van der Waals surface area (Å²) in [6, 6.07) is 4.37. The first-order valence-electron chi connectivity index (χ1n) is 4.70. The summed E-state index contributed by atoms with van der Waals surface area (Å²) in [4.78, 5) is 13.8. The first kappa shape index (κ1) is 12.2. The van der Waals surface area contributed by atoms with Crippen molar-refractivity contribution < 1.29 is 13.2 Å². The molecule has 0 radical (unpaired) electrons. The van der Waals surface area contributed by atoms with E-state index in [-0.39, 0.29) is 16.5 Å². The van der Waals surface area contributed by atoms with Gasteiger partial charge in [-0.3, -0.25) is 4.79 Å². The van der Waals surface area contributed by atoms with Crippen molar-refractivity contribution in [1.82, 2.24) is 4.98 Å². The first-order chi connectivity index (χ1) is 7.80. The molecule has 0 aliphatic heterocycles. The van der Waals surface area contributed by atoms with E-state index in [1.54, 1.807) is 6.07 Å². The van der Waals surface area contributed by atoms with Gasteiger partial charge in [0.05, 0.1) is 5.56 Å². The molecule has 0 aliphatic rings. The number of pyridine rings is 1. The van der Waals surface area contributed by atoms with Gasteiger partial charge in [0.15, 0.2) is 0 Å². The molecular weight excluding hydrogens is 299 g/mol. The second-order valence-corrected chi connectivity index (χ2v) is 4.56. The molecule has 0 unspecified atom stereocenters. The van der Waals surface area contributed by atoms with Gasteiger partial charge in [0.25, 0.3) is 5.56 Å². The van der Waals surface area contributed by atoms with Gasteiger partial charge in [-0.25, -0.2) is 0 Å². The molecule has 1 aromatic carbocycles. The number of H-pyrrole nitrogens is 1. The summed E-state index contributed by atoms with van der Waals surface area (Å²) in [6.07, 6.45) is -4.54. The normalized spacial score (nSPS) is 12.1. The molecule has 2 rings (SSSR count). The molecular formula is C11H7BrF3NO. The predicted molar refractivity (Wildman–Crippen MR) is 62.0 cm³/mol. The maximum absolute atomic E-state index is 12.9. The van der Waals surface area contributed by atoms with Crippen LogP contribution in [-0.2, 0) is 6.18 Å². The average Bonchev–Trinajstić information content (AvgIpc) is 2.18. The fourth-order valence-electron chi connectivity index (χ4n) is 1.73. The summed E-state index contributed by atoms with van der Waals surface area (Å²) in [5, 5.41) is -0.0102. The fourth-order valence-corrected chi connectivity index (χ4v) is 2.09. The summed E-state index contributed by atoms with van der Waals surface area (Å²) >= 11 is 3.12. The molecule has 0 aliphatic carbocycles. The van der Waals surface area contributed by atoms with Crippen molar-refractivity contribution in [2.24, 2.45) is 0 Å². The lowest BCUT2D eigenvalue weighted by Gasteiger charge is -2.13. The van der Waals surface area contributed by atoms with Gasteiger partial charge in [-0.15, -0.1) is 0 Å². The van der Waals surface area contributed by atoms with Gasteiger partial charge in [0.2, 0.25) is 0 Å². The van der Waals surface area contributed by atoms with Crippen LogP contribution in [0.15, 0.2) is 27.5 Å². The Hall–Kier alpha value is -1.30. The molecule has 0 saturated heterocycles. The molecule has 2 aromatic rings. The van der Waals surface area contributed by atoms with Crippen LogP contribution in [-0.4, -0.2) is 4.98 Å². The van der Waals surface area contributed by atoms with E-state index < -0.39 is 17.3 Å². The van der Waals surface area contributed by atoms with Crippen molar-refractivity contribution in [2.75, 3.05) is 0 Å². The van der Waals surface area contributed by atoms with Crippen molar-refractivity contribution in [2.45, 2.75) is 13.1 Å². The highest BCUT2D eigenvalue weighted by Crippen LogP contribution is 2.36. The quantitative estimate of drug-likeness (QED) is 0.792. The van der Waals surface area contributed by atoms with E-state index in [9.17, 15) is 18.0 Å². The van der Waals surface area contributed by atoms with E-state index in [2.05, 4.69) is 20.9 Å². The summed E-state index contributed by atoms with van der Waals surface area (Å²) in [7, 11) is 0. The Morgan fingerprint density at radius 3 is 2.53 bits per heavy atom. The summed E-state index contributed by atoms with van der Waals surface area (Å²) in [6.45, 7) is 1.17. The number of hydrogen-bond donors (Lipinski definition) is 1. The van der Waals surface area contributed by atoms with Gasteiger partial charge in [-0.1, -0.05) is 15.9 Å². The molecule has 2 nitrogen and oxygen atoms in total. The van der Waals surface area contributed by atoms with Crippen molar-refractivity contribution >= 4 is 26.8 Å². The number of rotatable bonds is 0. The van der Waals surface area contributed by atoms with E-state index >= 15 is 0 Å². The summed E-state index contributed by atoms with van der Waals surface area (Å²) in [5.74, 6) is 0. The third kappa shape index (κ3) is 2.09. The molecule has 6 heteroatoms. The van der Waals surface area contributed by atoms with Gasteiger partial charge in [0, 0.05) is 20.9 Å². The number of benzene rings is 1. The van der Waals surface area contributed by atoms with Gasteiger partial charge >= 0.3 is 6.18 Å². The molecule has 0 saturated carbocycles. The molecule has 1 N–H and O–H groups in total. The number of aromatic amines is 1. The van der Waals surface area contributed by atoms with Crippen LogP contribution in [0, 0.1) is 6.92 Å². The molecule has 1 heterocycles. The average molecular weight is 306 g/mol. The standard InChI is InChI=1S/C11H7BrF3NO/c1-5-9(11(13,14)15)7-4-6(12)2-3-8(7)16-10(5)17/h2-4H,1H3,(H,16,17). The summed E-state index contributed by atoms with van der Waals surface area (Å²) in [5.41, 5.74) is -1.73. The third-order valence-corrected chi connectivity index (χ3v) is 2.99. The SMILES string of the molecule is Cc1c(C(F)(F)F)c2cc(Br)ccc2[nH]c1=O. The summed E-state index contributed by atoms with van der Waals surface area (Å²) < 4.78 is 39.3. The maximum Gasteiger partial charge on any atom is 0.417 e. The van der Waals surface area contributed by atoms with Crippen LogP contribution in [0.4, 0.5) is 13.2 Å². The topological polar surface area (TPSA) is 32.9 Å². The highest BCUT2D eigenvalue weighted by atomic mass is 79.9. The lowest BCUT2D eigenvalue weighted by atomic mass is 10.0.